The van der Waals surface area contributed by atoms with Crippen molar-refractivity contribution in [2.75, 3.05) is 13.1 Å². The van der Waals surface area contributed by atoms with Gasteiger partial charge in [-0.2, -0.15) is 9.57 Å². The minimum Gasteiger partial charge on any atom is -0.207 e. The lowest BCUT2D eigenvalue weighted by atomic mass is 10.1. The Bertz CT molecular complexity index is 994. The van der Waals surface area contributed by atoms with Crippen LogP contribution in [0, 0.1) is 11.3 Å². The molecule has 0 saturated heterocycles. The Kier molecular flexibility index (Phi) is 5.38. The van der Waals surface area contributed by atoms with E-state index < -0.39 is 10.0 Å². The van der Waals surface area contributed by atoms with Crippen LogP contribution in [0.1, 0.15) is 12.0 Å². The summed E-state index contributed by atoms with van der Waals surface area (Å²) in [6.45, 7) is 0.460. The zero-order valence-corrected chi connectivity index (χ0v) is 15.0. The summed E-state index contributed by atoms with van der Waals surface area (Å²) in [6.07, 6.45) is 0.718. The molecule has 0 fully saturated rings. The van der Waals surface area contributed by atoms with Crippen LogP contribution >= 0.6 is 11.5 Å². The predicted molar refractivity (Wildman–Crippen MR) is 96.5 cm³/mol. The zero-order chi connectivity index (χ0) is 17.7. The maximum Gasteiger partial charge on any atom is 0.245 e. The first-order chi connectivity index (χ1) is 12.1. The summed E-state index contributed by atoms with van der Waals surface area (Å²) in [7, 11) is -3.75. The number of fused-ring (bicyclic) bond motifs is 1. The van der Waals surface area contributed by atoms with E-state index in [1.807, 2.05) is 36.4 Å². The molecule has 0 N–H and O–H groups in total. The van der Waals surface area contributed by atoms with Gasteiger partial charge in [0, 0.05) is 19.5 Å². The number of benzene rings is 2. The highest BCUT2D eigenvalue weighted by Crippen LogP contribution is 2.26. The van der Waals surface area contributed by atoms with Crippen molar-refractivity contribution < 1.29 is 8.42 Å². The monoisotopic (exact) mass is 372 g/mol. The van der Waals surface area contributed by atoms with E-state index in [0.717, 1.165) is 21.8 Å². The van der Waals surface area contributed by atoms with Gasteiger partial charge in [0.25, 0.3) is 0 Å². The number of rotatable bonds is 7. The van der Waals surface area contributed by atoms with Gasteiger partial charge in [0.2, 0.25) is 10.0 Å². The van der Waals surface area contributed by atoms with Gasteiger partial charge >= 0.3 is 0 Å². The number of sulfonamides is 1. The van der Waals surface area contributed by atoms with Crippen LogP contribution in [0.15, 0.2) is 53.4 Å². The summed E-state index contributed by atoms with van der Waals surface area (Å²) in [4.78, 5) is 0.143. The van der Waals surface area contributed by atoms with E-state index in [9.17, 15) is 8.42 Å². The molecule has 0 amide bonds. The second-order valence-corrected chi connectivity index (χ2v) is 8.12. The van der Waals surface area contributed by atoms with Crippen LogP contribution in [0.3, 0.4) is 0 Å². The van der Waals surface area contributed by atoms with Crippen molar-refractivity contribution in [2.45, 2.75) is 17.7 Å². The van der Waals surface area contributed by atoms with Gasteiger partial charge in [-0.15, -0.1) is 5.10 Å². The van der Waals surface area contributed by atoms with Crippen molar-refractivity contribution >= 4 is 31.8 Å². The van der Waals surface area contributed by atoms with Gasteiger partial charge in [0.15, 0.2) is 0 Å². The molecular formula is C17H16N4O2S2. The summed E-state index contributed by atoms with van der Waals surface area (Å²) in [6, 6.07) is 16.7. The SMILES string of the molecule is N#CCCN(CCc1ccccc1)S(=O)(=O)c1cccc2snnc12. The summed E-state index contributed by atoms with van der Waals surface area (Å²) in [5.74, 6) is 0. The van der Waals surface area contributed by atoms with E-state index in [2.05, 4.69) is 9.59 Å². The van der Waals surface area contributed by atoms with E-state index in [0.29, 0.717) is 18.5 Å². The van der Waals surface area contributed by atoms with E-state index in [1.165, 1.54) is 4.31 Å². The van der Waals surface area contributed by atoms with Crippen molar-refractivity contribution in [1.29, 1.82) is 5.26 Å². The van der Waals surface area contributed by atoms with Crippen molar-refractivity contribution in [2.24, 2.45) is 0 Å². The third kappa shape index (κ3) is 3.85. The second-order valence-electron chi connectivity index (χ2n) is 5.42. The Morgan fingerprint density at radius 2 is 1.88 bits per heavy atom. The summed E-state index contributed by atoms with van der Waals surface area (Å²) >= 11 is 1.16. The molecule has 0 unspecified atom stereocenters. The molecule has 1 heterocycles. The minimum atomic E-state index is -3.75. The number of hydrogen-bond acceptors (Lipinski definition) is 6. The molecule has 0 saturated carbocycles. The van der Waals surface area contributed by atoms with Gasteiger partial charge in [-0.05, 0) is 35.6 Å². The van der Waals surface area contributed by atoms with Crippen molar-refractivity contribution in [3.05, 3.63) is 54.1 Å². The van der Waals surface area contributed by atoms with Crippen LogP contribution in [-0.4, -0.2) is 35.4 Å². The maximum absolute atomic E-state index is 13.1. The molecule has 3 aromatic rings. The molecule has 0 atom stereocenters. The van der Waals surface area contributed by atoms with E-state index in [1.54, 1.807) is 18.2 Å². The molecular weight excluding hydrogens is 356 g/mol. The second kappa shape index (κ2) is 7.70. The summed E-state index contributed by atoms with van der Waals surface area (Å²) < 4.78 is 32.2. The van der Waals surface area contributed by atoms with E-state index in [4.69, 9.17) is 5.26 Å². The fraction of sp³-hybridized carbons (Fsp3) is 0.235. The molecule has 25 heavy (non-hydrogen) atoms. The van der Waals surface area contributed by atoms with Crippen LogP contribution in [0.5, 0.6) is 0 Å². The maximum atomic E-state index is 13.1. The lowest BCUT2D eigenvalue weighted by Gasteiger charge is -2.21. The van der Waals surface area contributed by atoms with Gasteiger partial charge in [-0.25, -0.2) is 8.42 Å². The molecule has 6 nitrogen and oxygen atoms in total. The number of nitrogens with zero attached hydrogens (tertiary/aromatic N) is 4. The van der Waals surface area contributed by atoms with Crippen molar-refractivity contribution in [3.63, 3.8) is 0 Å². The average Bonchev–Trinajstić information content (AvgIpc) is 3.11. The number of aromatic nitrogens is 2. The van der Waals surface area contributed by atoms with Gasteiger partial charge < -0.3 is 0 Å². The van der Waals surface area contributed by atoms with Crippen LogP contribution in [-0.2, 0) is 16.4 Å². The van der Waals surface area contributed by atoms with Crippen LogP contribution in [0.25, 0.3) is 10.2 Å². The Morgan fingerprint density at radius 3 is 2.64 bits per heavy atom. The summed E-state index contributed by atoms with van der Waals surface area (Å²) in [5, 5.41) is 12.8. The number of hydrogen-bond donors (Lipinski definition) is 0. The lowest BCUT2D eigenvalue weighted by Crippen LogP contribution is -2.34. The van der Waals surface area contributed by atoms with Crippen LogP contribution in [0.2, 0.25) is 0 Å². The highest BCUT2D eigenvalue weighted by Gasteiger charge is 2.27. The quantitative estimate of drug-likeness (QED) is 0.636. The molecule has 0 aliphatic carbocycles. The predicted octanol–water partition coefficient (Wildman–Crippen LogP) is 2.84. The molecule has 2 aromatic carbocycles. The third-order valence-corrected chi connectivity index (χ3v) is 6.45. The Balaban J connectivity index is 1.91. The van der Waals surface area contributed by atoms with Gasteiger partial charge in [-0.1, -0.05) is 40.9 Å². The third-order valence-electron chi connectivity index (χ3n) is 3.83. The topological polar surface area (TPSA) is 87.0 Å². The van der Waals surface area contributed by atoms with E-state index in [-0.39, 0.29) is 17.9 Å². The van der Waals surface area contributed by atoms with Crippen LogP contribution < -0.4 is 0 Å². The first kappa shape index (κ1) is 17.5. The molecule has 1 aromatic heterocycles. The number of nitriles is 1. The zero-order valence-electron chi connectivity index (χ0n) is 13.4. The molecule has 128 valence electrons. The molecule has 0 aliphatic rings. The molecule has 0 radical (unpaired) electrons. The smallest absolute Gasteiger partial charge is 0.207 e. The largest absolute Gasteiger partial charge is 0.245 e. The van der Waals surface area contributed by atoms with E-state index >= 15 is 0 Å². The van der Waals surface area contributed by atoms with Crippen LogP contribution in [0.4, 0.5) is 0 Å². The van der Waals surface area contributed by atoms with Gasteiger partial charge in [-0.3, -0.25) is 0 Å². The normalized spacial score (nSPS) is 11.7. The Labute approximate surface area is 150 Å². The van der Waals surface area contributed by atoms with Gasteiger partial charge in [0.05, 0.1) is 10.8 Å². The highest BCUT2D eigenvalue weighted by atomic mass is 32.2. The standard InChI is InChI=1S/C17H16N4O2S2/c18-11-5-12-21(13-10-14-6-2-1-3-7-14)25(22,23)16-9-4-8-15-17(16)19-20-24-15/h1-4,6-9H,5,10,12-13H2. The fourth-order valence-electron chi connectivity index (χ4n) is 2.55. The molecule has 3 rings (SSSR count). The Hall–Kier alpha value is -2.34. The molecule has 8 heteroatoms. The first-order valence-corrected chi connectivity index (χ1v) is 9.96. The van der Waals surface area contributed by atoms with Gasteiger partial charge in [0.1, 0.15) is 10.4 Å². The average molecular weight is 372 g/mol. The molecule has 0 spiro atoms. The lowest BCUT2D eigenvalue weighted by molar-refractivity contribution is 0.421. The van der Waals surface area contributed by atoms with Crippen molar-refractivity contribution in [1.82, 2.24) is 13.9 Å². The van der Waals surface area contributed by atoms with Crippen molar-refractivity contribution in [3.8, 4) is 6.07 Å². The fourth-order valence-corrected chi connectivity index (χ4v) is 4.79. The molecule has 0 bridgehead atoms. The minimum absolute atomic E-state index is 0.138. The first-order valence-electron chi connectivity index (χ1n) is 7.75. The Morgan fingerprint density at radius 1 is 1.08 bits per heavy atom. The highest BCUT2D eigenvalue weighted by molar-refractivity contribution is 7.89. The molecule has 0 aliphatic heterocycles. The summed E-state index contributed by atoms with van der Waals surface area (Å²) in [5.41, 5.74) is 1.43.